The quantitative estimate of drug-likeness (QED) is 0.698. The summed E-state index contributed by atoms with van der Waals surface area (Å²) >= 11 is 1.79. The molecule has 0 saturated carbocycles. The summed E-state index contributed by atoms with van der Waals surface area (Å²) < 4.78 is 1.43. The predicted octanol–water partition coefficient (Wildman–Crippen LogP) is 0.542. The number of benzene rings is 1. The molecule has 1 aromatic rings. The van der Waals surface area contributed by atoms with Crippen LogP contribution in [0.4, 0.5) is 0 Å². The van der Waals surface area contributed by atoms with E-state index in [1.54, 1.807) is 23.0 Å². The zero-order valence-corrected chi connectivity index (χ0v) is 9.46. The monoisotopic (exact) mass is 255 g/mol. The van der Waals surface area contributed by atoms with Gasteiger partial charge in [0.1, 0.15) is 0 Å². The molecule has 0 spiro atoms. The topological polar surface area (TPSA) is 3.24 Å². The van der Waals surface area contributed by atoms with E-state index in [-0.39, 0.29) is 0 Å². The van der Waals surface area contributed by atoms with Crippen LogP contribution in [0.3, 0.4) is 0 Å². The van der Waals surface area contributed by atoms with Crippen molar-refractivity contribution in [3.63, 3.8) is 0 Å². The molecule has 2 radical (unpaired) electrons. The van der Waals surface area contributed by atoms with E-state index in [9.17, 15) is 0 Å². The molecule has 0 unspecified atom stereocenters. The zero-order chi connectivity index (χ0) is 8.27. The molecule has 0 saturated heterocycles. The van der Waals surface area contributed by atoms with E-state index < -0.39 is 0 Å². The van der Waals surface area contributed by atoms with Crippen molar-refractivity contribution < 1.29 is 0 Å². The summed E-state index contributed by atoms with van der Waals surface area (Å²) in [5.74, 6) is 0. The Morgan fingerprint density at radius 3 is 2.45 bits per heavy atom. The Morgan fingerprint density at radius 2 is 1.91 bits per heavy atom. The number of nitrogens with zero attached hydrogens (tertiary/aromatic N) is 1. The van der Waals surface area contributed by atoms with Crippen molar-refractivity contribution in [3.05, 3.63) is 29.8 Å². The van der Waals surface area contributed by atoms with Gasteiger partial charge in [0.2, 0.25) is 0 Å². The second-order valence-corrected chi connectivity index (χ2v) is 4.24. The average Bonchev–Trinajstić information content (AvgIpc) is 1.93. The molecular weight excluding hydrogens is 244 g/mol. The van der Waals surface area contributed by atoms with E-state index in [1.807, 2.05) is 0 Å². The molecule has 11 heavy (non-hydrogen) atoms. The van der Waals surface area contributed by atoms with Crippen LogP contribution in [0, 0.1) is 0 Å². The molecule has 0 fully saturated rings. The van der Waals surface area contributed by atoms with Gasteiger partial charge in [0.15, 0.2) is 0 Å². The molecule has 1 nitrogen and oxygen atoms in total. The second-order valence-electron chi connectivity index (χ2n) is 2.87. The molecular formula is C9H12NSb. The number of hydrogen-bond acceptors (Lipinski definition) is 1. The van der Waals surface area contributed by atoms with Gasteiger partial charge in [-0.1, -0.05) is 0 Å². The third-order valence-electron chi connectivity index (χ3n) is 1.48. The Morgan fingerprint density at radius 1 is 1.27 bits per heavy atom. The molecule has 0 aliphatic carbocycles. The molecule has 0 bridgehead atoms. The SMILES string of the molecule is CN(C)Cc1cccc[c]1[Sb]. The molecule has 0 aromatic heterocycles. The minimum absolute atomic E-state index is 1.05. The molecule has 0 aliphatic heterocycles. The van der Waals surface area contributed by atoms with Crippen molar-refractivity contribution in [2.75, 3.05) is 14.1 Å². The summed E-state index contributed by atoms with van der Waals surface area (Å²) in [6.07, 6.45) is 0. The van der Waals surface area contributed by atoms with Gasteiger partial charge < -0.3 is 0 Å². The van der Waals surface area contributed by atoms with E-state index in [1.165, 1.54) is 9.07 Å². The van der Waals surface area contributed by atoms with Gasteiger partial charge in [-0.15, -0.1) is 0 Å². The molecule has 0 N–H and O–H groups in total. The number of hydrogen-bond donors (Lipinski definition) is 0. The number of rotatable bonds is 2. The Hall–Kier alpha value is -0.00182. The van der Waals surface area contributed by atoms with Gasteiger partial charge in [-0.25, -0.2) is 0 Å². The van der Waals surface area contributed by atoms with Crippen molar-refractivity contribution in [1.82, 2.24) is 4.90 Å². The first kappa shape index (κ1) is 9.09. The fraction of sp³-hybridized carbons (Fsp3) is 0.333. The van der Waals surface area contributed by atoms with Crippen LogP contribution in [0.5, 0.6) is 0 Å². The van der Waals surface area contributed by atoms with E-state index in [2.05, 4.69) is 43.3 Å². The predicted molar refractivity (Wildman–Crippen MR) is 49.2 cm³/mol. The molecule has 2 heteroatoms. The van der Waals surface area contributed by atoms with Crippen LogP contribution in [-0.4, -0.2) is 42.0 Å². The summed E-state index contributed by atoms with van der Waals surface area (Å²) in [6.45, 7) is 1.05. The Kier molecular flexibility index (Phi) is 3.41. The van der Waals surface area contributed by atoms with Crippen LogP contribution in [0.1, 0.15) is 5.56 Å². The first-order valence-electron chi connectivity index (χ1n) is 3.62. The molecule has 0 amide bonds. The summed E-state index contributed by atoms with van der Waals surface area (Å²) in [4.78, 5) is 2.19. The minimum atomic E-state index is 1.05. The fourth-order valence-electron chi connectivity index (χ4n) is 0.985. The molecule has 0 atom stereocenters. The first-order chi connectivity index (χ1) is 5.20. The average molecular weight is 256 g/mol. The van der Waals surface area contributed by atoms with Crippen molar-refractivity contribution in [2.45, 2.75) is 6.54 Å². The standard InChI is InChI=1S/C9H12N.Sb/c1-10(2)8-9-6-4-3-5-7-9;/h3-6H,8H2,1-2H3;. The van der Waals surface area contributed by atoms with Crippen LogP contribution in [0.15, 0.2) is 24.3 Å². The molecule has 1 rings (SSSR count). The van der Waals surface area contributed by atoms with Crippen LogP contribution in [-0.2, 0) is 6.54 Å². The molecule has 58 valence electrons. The van der Waals surface area contributed by atoms with Gasteiger partial charge in [0.05, 0.1) is 0 Å². The van der Waals surface area contributed by atoms with Crippen molar-refractivity contribution in [1.29, 1.82) is 0 Å². The molecule has 1 aromatic carbocycles. The van der Waals surface area contributed by atoms with Gasteiger partial charge in [0.25, 0.3) is 0 Å². The van der Waals surface area contributed by atoms with Crippen molar-refractivity contribution in [3.8, 4) is 0 Å². The summed E-state index contributed by atoms with van der Waals surface area (Å²) in [5, 5.41) is 0. The van der Waals surface area contributed by atoms with Gasteiger partial charge >= 0.3 is 81.9 Å². The third-order valence-corrected chi connectivity index (χ3v) is 2.72. The zero-order valence-electron chi connectivity index (χ0n) is 6.91. The maximum atomic E-state index is 2.19. The van der Waals surface area contributed by atoms with Gasteiger partial charge in [-0.05, 0) is 0 Å². The van der Waals surface area contributed by atoms with E-state index in [0.717, 1.165) is 6.54 Å². The van der Waals surface area contributed by atoms with Gasteiger partial charge in [-0.2, -0.15) is 0 Å². The second kappa shape index (κ2) is 4.13. The van der Waals surface area contributed by atoms with Crippen molar-refractivity contribution >= 4 is 26.5 Å². The summed E-state index contributed by atoms with van der Waals surface area (Å²) in [7, 11) is 4.19. The Balaban J connectivity index is 2.78. The van der Waals surface area contributed by atoms with Crippen LogP contribution >= 0.6 is 0 Å². The van der Waals surface area contributed by atoms with E-state index in [0.29, 0.717) is 0 Å². The van der Waals surface area contributed by atoms with Gasteiger partial charge in [0, 0.05) is 0 Å². The normalized spacial score (nSPS) is 10.5. The maximum absolute atomic E-state index is 2.19. The molecule has 0 heterocycles. The van der Waals surface area contributed by atoms with Crippen LogP contribution in [0.2, 0.25) is 0 Å². The summed E-state index contributed by atoms with van der Waals surface area (Å²) in [5.41, 5.74) is 1.44. The third kappa shape index (κ3) is 2.84. The Bertz CT molecular complexity index is 233. The van der Waals surface area contributed by atoms with Crippen LogP contribution in [0.25, 0.3) is 0 Å². The fourth-order valence-corrected chi connectivity index (χ4v) is 1.65. The van der Waals surface area contributed by atoms with Crippen LogP contribution < -0.4 is 3.51 Å². The van der Waals surface area contributed by atoms with Crippen molar-refractivity contribution in [2.24, 2.45) is 0 Å². The summed E-state index contributed by atoms with van der Waals surface area (Å²) in [6, 6.07) is 8.55. The molecule has 0 aliphatic rings. The van der Waals surface area contributed by atoms with E-state index >= 15 is 0 Å². The first-order valence-corrected chi connectivity index (χ1v) is 4.89. The van der Waals surface area contributed by atoms with E-state index in [4.69, 9.17) is 0 Å². The van der Waals surface area contributed by atoms with Gasteiger partial charge in [-0.3, -0.25) is 0 Å². The Labute approximate surface area is 81.9 Å².